The molecule has 19 nitrogen and oxygen atoms in total. The van der Waals surface area contributed by atoms with Gasteiger partial charge in [0.15, 0.2) is 34.6 Å². The summed E-state index contributed by atoms with van der Waals surface area (Å²) in [6.45, 7) is 21.8. The molecule has 0 amide bonds. The van der Waals surface area contributed by atoms with Crippen molar-refractivity contribution in [1.29, 1.82) is 0 Å². The van der Waals surface area contributed by atoms with Crippen LogP contribution in [0.1, 0.15) is 482 Å². The Balaban J connectivity index is 0.837. The summed E-state index contributed by atoms with van der Waals surface area (Å²) in [6, 6.07) is 36.3. The minimum absolute atomic E-state index is 0.264. The number of benzene rings is 6. The number of rotatable bonds is 84. The molecule has 0 N–H and O–H groups in total. The van der Waals surface area contributed by atoms with Crippen molar-refractivity contribution in [3.05, 3.63) is 150 Å². The summed E-state index contributed by atoms with van der Waals surface area (Å²) in [7, 11) is 0. The third-order valence-electron chi connectivity index (χ3n) is 27.3. The molecule has 0 saturated carbocycles. The second-order valence-electron chi connectivity index (χ2n) is 39.5. The number of esters is 4. The second kappa shape index (κ2) is 71.5. The van der Waals surface area contributed by atoms with E-state index < -0.39 is 23.9 Å². The first-order valence-electron chi connectivity index (χ1n) is 57.1. The number of carbonyl (C=O) groups excluding carboxylic acids is 4. The summed E-state index contributed by atoms with van der Waals surface area (Å²) in [5, 5.41) is 0. The van der Waals surface area contributed by atoms with E-state index in [2.05, 4.69) is 50.7 Å². The van der Waals surface area contributed by atoms with E-state index in [0.717, 1.165) is 114 Å². The number of imidazole rings is 2. The second-order valence-corrected chi connectivity index (χ2v) is 39.5. The standard InChI is InChI=1S/C123H181N5O14/c1-9-17-23-29-35-41-47-53-59-65-86-133-112-94-100(95-113(134-87-66-60-54-48-42-36-30-24-18-10-2)116(112)137-90-69-63-57-51-45-39-33-27-21-13-5)122(131)141-104-80-76-102(77-81-104)139-120(129)98-74-84-110-108(92-98)125-118(127(110)15-7)106-72-71-73-107(124-106)119-126-109-93-99(75-85-111(109)128(119)16-8)121(130)140-103-78-82-105(83-79-103)142-123(132)101-96-114(135-88-67-61-55-49-43-37-31-25-19-11-3)117(138-91-70-64-58-52-46-40-34-28-22-14-6)115(97-101)136-89-68-62-56-50-44-38-32-26-20-12-4/h71-85,92-97H,9-70,86-91H2,1-8H3. The van der Waals surface area contributed by atoms with Gasteiger partial charge in [-0.25, -0.2) is 34.1 Å². The Morgan fingerprint density at radius 3 is 0.641 bits per heavy atom. The Bertz CT molecular complexity index is 4560. The zero-order valence-electron chi connectivity index (χ0n) is 89.2. The molecular weight excluding hydrogens is 1770 g/mol. The predicted octanol–water partition coefficient (Wildman–Crippen LogP) is 35.8. The molecule has 782 valence electrons. The van der Waals surface area contributed by atoms with Gasteiger partial charge in [-0.15, -0.1) is 0 Å². The zero-order valence-corrected chi connectivity index (χ0v) is 89.2. The minimum atomic E-state index is -0.587. The number of nitrogens with zero attached hydrogens (tertiary/aromatic N) is 5. The van der Waals surface area contributed by atoms with Crippen molar-refractivity contribution >= 4 is 45.9 Å². The number of hydrogen-bond acceptors (Lipinski definition) is 17. The SMILES string of the molecule is CCCCCCCCCCCCOc1cc(C(=O)Oc2ccc(OC(=O)c3ccc4c(c3)nc(-c3cccc(-c5nc6cc(C(=O)Oc7ccc(OC(=O)c8cc(OCCCCCCCCCCCC)c(OCCCCCCCCCCCC)c(OCCCCCCCCCCCC)c8)cc7)ccc6n5CC)n3)n4CC)cc2)cc(OCCCCCCCCCCCC)c1OCCCCCCCCCCCC. The van der Waals surface area contributed by atoms with E-state index in [1.54, 1.807) is 97.1 Å². The number of aromatic nitrogens is 5. The molecule has 0 aliphatic rings. The number of hydrogen-bond donors (Lipinski definition) is 0. The number of ether oxygens (including phenoxy) is 10. The molecular formula is C123H181N5O14. The van der Waals surface area contributed by atoms with E-state index in [4.69, 9.17) is 62.3 Å². The largest absolute Gasteiger partial charge is 0.490 e. The van der Waals surface area contributed by atoms with Crippen molar-refractivity contribution in [1.82, 2.24) is 24.1 Å². The highest BCUT2D eigenvalue weighted by Crippen LogP contribution is 2.43. The number of pyridine rings is 1. The summed E-state index contributed by atoms with van der Waals surface area (Å²) in [5.41, 5.74) is 5.12. The van der Waals surface area contributed by atoms with Crippen molar-refractivity contribution in [2.45, 2.75) is 454 Å². The maximum Gasteiger partial charge on any atom is 0.343 e. The van der Waals surface area contributed by atoms with Gasteiger partial charge in [0.1, 0.15) is 34.4 Å². The highest BCUT2D eigenvalue weighted by molar-refractivity contribution is 5.97. The summed E-state index contributed by atoms with van der Waals surface area (Å²) in [4.78, 5) is 72.4. The summed E-state index contributed by atoms with van der Waals surface area (Å²) >= 11 is 0. The van der Waals surface area contributed by atoms with E-state index in [-0.39, 0.29) is 34.1 Å². The minimum Gasteiger partial charge on any atom is -0.490 e. The molecule has 0 fully saturated rings. The quantitative estimate of drug-likeness (QED) is 0.0197. The molecule has 0 aliphatic carbocycles. The molecule has 0 bridgehead atoms. The van der Waals surface area contributed by atoms with E-state index in [9.17, 15) is 19.2 Å². The van der Waals surface area contributed by atoms with Crippen molar-refractivity contribution in [3.63, 3.8) is 0 Å². The fourth-order valence-electron chi connectivity index (χ4n) is 18.8. The molecule has 0 unspecified atom stereocenters. The number of unbranched alkanes of at least 4 members (excludes halogenated alkanes) is 54. The molecule has 0 saturated heterocycles. The highest BCUT2D eigenvalue weighted by atomic mass is 16.6. The van der Waals surface area contributed by atoms with Gasteiger partial charge in [0.25, 0.3) is 0 Å². The van der Waals surface area contributed by atoms with Crippen LogP contribution in [0.5, 0.6) is 57.5 Å². The van der Waals surface area contributed by atoms with Crippen molar-refractivity contribution in [2.75, 3.05) is 39.6 Å². The molecule has 0 aliphatic heterocycles. The summed E-state index contributed by atoms with van der Waals surface area (Å²) < 4.78 is 68.0. The van der Waals surface area contributed by atoms with Crippen molar-refractivity contribution in [2.24, 2.45) is 0 Å². The molecule has 0 atom stereocenters. The van der Waals surface area contributed by atoms with Gasteiger partial charge in [0.2, 0.25) is 11.5 Å². The van der Waals surface area contributed by atoms with Crippen LogP contribution in [0.2, 0.25) is 0 Å². The van der Waals surface area contributed by atoms with Crippen LogP contribution in [-0.2, 0) is 13.1 Å². The van der Waals surface area contributed by atoms with Crippen LogP contribution in [0.3, 0.4) is 0 Å². The van der Waals surface area contributed by atoms with E-state index in [1.807, 2.05) is 44.2 Å². The fourth-order valence-corrected chi connectivity index (χ4v) is 18.8. The normalized spacial score (nSPS) is 11.4. The zero-order chi connectivity index (χ0) is 100. The molecule has 0 radical (unpaired) electrons. The maximum absolute atomic E-state index is 14.4. The van der Waals surface area contributed by atoms with E-state index >= 15 is 0 Å². The van der Waals surface area contributed by atoms with Crippen molar-refractivity contribution in [3.8, 4) is 80.5 Å². The lowest BCUT2D eigenvalue weighted by molar-refractivity contribution is 0.0719. The number of fused-ring (bicyclic) bond motifs is 2. The van der Waals surface area contributed by atoms with Gasteiger partial charge in [-0.3, -0.25) is 0 Å². The molecule has 6 aromatic carbocycles. The molecule has 3 heterocycles. The van der Waals surface area contributed by atoms with Crippen LogP contribution < -0.4 is 47.4 Å². The highest BCUT2D eigenvalue weighted by Gasteiger charge is 2.26. The van der Waals surface area contributed by atoms with Gasteiger partial charge in [-0.1, -0.05) is 394 Å². The van der Waals surface area contributed by atoms with Crippen LogP contribution in [0.25, 0.3) is 45.1 Å². The third-order valence-corrected chi connectivity index (χ3v) is 27.3. The van der Waals surface area contributed by atoms with Crippen molar-refractivity contribution < 1.29 is 66.5 Å². The first-order valence-corrected chi connectivity index (χ1v) is 57.1. The molecule has 3 aromatic heterocycles. The summed E-state index contributed by atoms with van der Waals surface area (Å²) in [5.74, 6) is 2.95. The lowest BCUT2D eigenvalue weighted by Crippen LogP contribution is -2.12. The number of carbonyl (C=O) groups is 4. The lowest BCUT2D eigenvalue weighted by atomic mass is 10.1. The van der Waals surface area contributed by atoms with Gasteiger partial charge >= 0.3 is 23.9 Å². The van der Waals surface area contributed by atoms with E-state index in [1.165, 1.54) is 283 Å². The van der Waals surface area contributed by atoms with Gasteiger partial charge < -0.3 is 56.5 Å². The van der Waals surface area contributed by atoms with Crippen LogP contribution >= 0.6 is 0 Å². The molecule has 142 heavy (non-hydrogen) atoms. The molecule has 9 rings (SSSR count). The molecule has 19 heteroatoms. The maximum atomic E-state index is 14.4. The molecule has 0 spiro atoms. The van der Waals surface area contributed by atoms with Gasteiger partial charge in [0, 0.05) is 13.1 Å². The monoisotopic (exact) mass is 1950 g/mol. The van der Waals surface area contributed by atoms with Gasteiger partial charge in [0.05, 0.1) is 84.0 Å². The first-order chi connectivity index (χ1) is 69.9. The Kier molecular flexibility index (Phi) is 58.3. The Morgan fingerprint density at radius 1 is 0.218 bits per heavy atom. The first kappa shape index (κ1) is 116. The van der Waals surface area contributed by atoms with Crippen LogP contribution in [0, 0.1) is 0 Å². The Morgan fingerprint density at radius 2 is 0.423 bits per heavy atom. The van der Waals surface area contributed by atoms with Crippen LogP contribution in [0.4, 0.5) is 0 Å². The fraction of sp³-hybridized carbons (Fsp3) is 0.618. The van der Waals surface area contributed by atoms with Gasteiger partial charge in [-0.2, -0.15) is 0 Å². The molecule has 9 aromatic rings. The van der Waals surface area contributed by atoms with Crippen LogP contribution in [-0.4, -0.2) is 87.6 Å². The van der Waals surface area contributed by atoms with Gasteiger partial charge in [-0.05, 0) is 174 Å². The average Bonchev–Trinajstić information content (AvgIpc) is 1.61. The smallest absolute Gasteiger partial charge is 0.343 e. The van der Waals surface area contributed by atoms with Crippen LogP contribution in [0.15, 0.2) is 127 Å². The lowest BCUT2D eigenvalue weighted by Gasteiger charge is -2.19. The van der Waals surface area contributed by atoms with E-state index in [0.29, 0.717) is 132 Å². The summed E-state index contributed by atoms with van der Waals surface area (Å²) in [6.07, 6.45) is 72.9. The average molecular weight is 1950 g/mol. The predicted molar refractivity (Wildman–Crippen MR) is 583 cm³/mol. The topological polar surface area (TPSA) is 209 Å². The number of aryl methyl sites for hydroxylation is 2. The Hall–Kier alpha value is -9.91. The Labute approximate surface area is 855 Å². The third kappa shape index (κ3) is 43.2.